The van der Waals surface area contributed by atoms with E-state index in [-0.39, 0.29) is 0 Å². The number of hydrogen-bond acceptors (Lipinski definition) is 2. The van der Waals surface area contributed by atoms with Gasteiger partial charge in [0.05, 0.1) is 0 Å². The first-order valence-corrected chi connectivity index (χ1v) is 11.4. The van der Waals surface area contributed by atoms with E-state index >= 15 is 0 Å². The Morgan fingerprint density at radius 1 is 0.875 bits per heavy atom. The number of allylic oxidation sites excluding steroid dienone is 2. The topological polar surface area (TPSA) is 74.6 Å². The van der Waals surface area contributed by atoms with Crippen molar-refractivity contribution >= 4 is 38.2 Å². The van der Waals surface area contributed by atoms with Gasteiger partial charge in [0.15, 0.2) is 0 Å². The van der Waals surface area contributed by atoms with Crippen LogP contribution in [0.15, 0.2) is 24.3 Å². The van der Waals surface area contributed by atoms with E-state index in [2.05, 4.69) is 0 Å². The molecular formula is C10H14O4Se2. The molecule has 0 spiro atoms. The molecule has 0 bridgehead atoms. The molecule has 4 nitrogen and oxygen atoms in total. The quantitative estimate of drug-likeness (QED) is 0.370. The molecule has 0 fully saturated rings. The normalized spacial score (nSPS) is 11.2. The molecule has 16 heavy (non-hydrogen) atoms. The first kappa shape index (κ1) is 15.5. The van der Waals surface area contributed by atoms with Crippen LogP contribution in [0, 0.1) is 0 Å². The third-order valence-electron chi connectivity index (χ3n) is 1.34. The van der Waals surface area contributed by atoms with Crippen molar-refractivity contribution in [1.29, 1.82) is 0 Å². The molecule has 6 heteroatoms. The first-order valence-electron chi connectivity index (χ1n) is 4.66. The van der Waals surface area contributed by atoms with Gasteiger partial charge < -0.3 is 0 Å². The number of carboxylic acids is 2. The summed E-state index contributed by atoms with van der Waals surface area (Å²) in [5.41, 5.74) is 0. The van der Waals surface area contributed by atoms with E-state index in [1.807, 2.05) is 0 Å². The third-order valence-corrected chi connectivity index (χ3v) is 8.83. The van der Waals surface area contributed by atoms with Crippen LogP contribution in [-0.2, 0) is 9.59 Å². The molecule has 0 rings (SSSR count). The molecule has 2 N–H and O–H groups in total. The fraction of sp³-hybridized carbons (Fsp3) is 0.400. The molecule has 0 saturated heterocycles. The summed E-state index contributed by atoms with van der Waals surface area (Å²) in [5.74, 6) is -1.78. The van der Waals surface area contributed by atoms with E-state index in [4.69, 9.17) is 10.2 Å². The predicted octanol–water partition coefficient (Wildman–Crippen LogP) is 1.21. The van der Waals surface area contributed by atoms with Gasteiger partial charge in [-0.1, -0.05) is 0 Å². The summed E-state index contributed by atoms with van der Waals surface area (Å²) in [6.45, 7) is 0. The number of rotatable bonds is 9. The first-order chi connectivity index (χ1) is 7.63. The molecule has 90 valence electrons. The van der Waals surface area contributed by atoms with Crippen molar-refractivity contribution in [3.05, 3.63) is 24.3 Å². The van der Waals surface area contributed by atoms with Crippen LogP contribution >= 0.6 is 0 Å². The van der Waals surface area contributed by atoms with Crippen LogP contribution in [-0.4, -0.2) is 48.4 Å². The van der Waals surface area contributed by atoms with Gasteiger partial charge in [-0.2, -0.15) is 0 Å². The van der Waals surface area contributed by atoms with E-state index in [0.29, 0.717) is 26.3 Å². The molecule has 0 aromatic carbocycles. The van der Waals surface area contributed by atoms with Gasteiger partial charge in [0.25, 0.3) is 0 Å². The van der Waals surface area contributed by atoms with Crippen molar-refractivity contribution in [2.75, 3.05) is 0 Å². The van der Waals surface area contributed by atoms with Gasteiger partial charge in [-0.3, -0.25) is 0 Å². The van der Waals surface area contributed by atoms with Crippen molar-refractivity contribution in [3.63, 3.8) is 0 Å². The zero-order chi connectivity index (χ0) is 12.2. The van der Waals surface area contributed by atoms with Crippen LogP contribution in [0.3, 0.4) is 0 Å². The van der Waals surface area contributed by atoms with Crippen molar-refractivity contribution in [3.8, 4) is 0 Å². The van der Waals surface area contributed by atoms with Gasteiger partial charge in [0, 0.05) is 0 Å². The number of hydrogen-bond donors (Lipinski definition) is 2. The molecule has 0 aliphatic carbocycles. The maximum atomic E-state index is 10.1. The second kappa shape index (κ2) is 11.0. The van der Waals surface area contributed by atoms with Gasteiger partial charge in [-0.05, 0) is 0 Å². The van der Waals surface area contributed by atoms with Crippen LogP contribution in [0.4, 0.5) is 0 Å². The van der Waals surface area contributed by atoms with E-state index in [9.17, 15) is 9.59 Å². The summed E-state index contributed by atoms with van der Waals surface area (Å²) < 4.78 is 0. The minimum absolute atomic E-state index is 0.590. The molecule has 0 atom stereocenters. The summed E-state index contributed by atoms with van der Waals surface area (Å²) in [6, 6.07) is 0. The standard InChI is InChI=1S/C10H14O4Se2/c11-9(12)5-1-3-7-15-16-8-4-2-6-10(13)14/h1-2,5-6H,3-4,7-8H2,(H,11,12)(H,13,14). The fourth-order valence-corrected chi connectivity index (χ4v) is 6.86. The summed E-state index contributed by atoms with van der Waals surface area (Å²) in [6.07, 6.45) is 7.39. The SMILES string of the molecule is O=C(O)C=CCC[Se][Se]CCC=CC(=O)O. The number of carboxylic acid groups (broad SMARTS) is 2. The Bertz CT molecular complexity index is 246. The van der Waals surface area contributed by atoms with Crippen molar-refractivity contribution in [1.82, 2.24) is 0 Å². The minimum atomic E-state index is -0.892. The Labute approximate surface area is 106 Å². The zero-order valence-corrected chi connectivity index (χ0v) is 12.1. The zero-order valence-electron chi connectivity index (χ0n) is 8.67. The van der Waals surface area contributed by atoms with Gasteiger partial charge in [-0.25, -0.2) is 0 Å². The van der Waals surface area contributed by atoms with E-state index in [1.54, 1.807) is 12.2 Å². The molecule has 0 aliphatic rings. The van der Waals surface area contributed by atoms with Crippen LogP contribution in [0.5, 0.6) is 0 Å². The maximum absolute atomic E-state index is 10.1. The molecule has 0 aromatic heterocycles. The third kappa shape index (κ3) is 13.5. The van der Waals surface area contributed by atoms with Crippen LogP contribution < -0.4 is 0 Å². The molecule has 0 saturated carbocycles. The Morgan fingerprint density at radius 2 is 1.25 bits per heavy atom. The van der Waals surface area contributed by atoms with Crippen molar-refractivity contribution in [2.24, 2.45) is 0 Å². The number of aliphatic carboxylic acids is 2. The van der Waals surface area contributed by atoms with Gasteiger partial charge in [0.1, 0.15) is 0 Å². The second-order valence-corrected chi connectivity index (χ2v) is 10.5. The van der Waals surface area contributed by atoms with Gasteiger partial charge in [0.2, 0.25) is 0 Å². The van der Waals surface area contributed by atoms with Crippen molar-refractivity contribution < 1.29 is 19.8 Å². The second-order valence-electron chi connectivity index (χ2n) is 2.70. The van der Waals surface area contributed by atoms with E-state index < -0.39 is 11.9 Å². The molecule has 0 unspecified atom stereocenters. The van der Waals surface area contributed by atoms with Crippen molar-refractivity contribution in [2.45, 2.75) is 23.5 Å². The monoisotopic (exact) mass is 358 g/mol. The van der Waals surface area contributed by atoms with Crippen LogP contribution in [0.1, 0.15) is 12.8 Å². The van der Waals surface area contributed by atoms with Gasteiger partial charge in [-0.15, -0.1) is 0 Å². The Kier molecular flexibility index (Phi) is 10.6. The average Bonchev–Trinajstić information content (AvgIpc) is 2.20. The molecule has 0 aliphatic heterocycles. The molecule has 0 heterocycles. The summed E-state index contributed by atoms with van der Waals surface area (Å²) in [5, 5.41) is 18.8. The predicted molar refractivity (Wildman–Crippen MR) is 63.9 cm³/mol. The average molecular weight is 356 g/mol. The number of carbonyl (C=O) groups is 2. The molecule has 0 aromatic rings. The Morgan fingerprint density at radius 3 is 1.56 bits per heavy atom. The Balaban J connectivity index is 3.22. The molecule has 0 radical (unpaired) electrons. The molecule has 0 amide bonds. The van der Waals surface area contributed by atoms with Crippen LogP contribution in [0.25, 0.3) is 0 Å². The Hall–Kier alpha value is -0.541. The summed E-state index contributed by atoms with van der Waals surface area (Å²) in [7, 11) is 0. The van der Waals surface area contributed by atoms with E-state index in [0.717, 1.165) is 23.5 Å². The van der Waals surface area contributed by atoms with Crippen LogP contribution in [0.2, 0.25) is 10.6 Å². The molecular weight excluding hydrogens is 342 g/mol. The summed E-state index contributed by atoms with van der Waals surface area (Å²) in [4.78, 5) is 20.3. The van der Waals surface area contributed by atoms with E-state index in [1.165, 1.54) is 12.2 Å². The fourth-order valence-electron chi connectivity index (χ4n) is 0.718. The van der Waals surface area contributed by atoms with Gasteiger partial charge >= 0.3 is 106 Å². The summed E-state index contributed by atoms with van der Waals surface area (Å²) >= 11 is 1.18.